The van der Waals surface area contributed by atoms with Crippen LogP contribution in [0.5, 0.6) is 11.5 Å². The third kappa shape index (κ3) is 3.45. The van der Waals surface area contributed by atoms with Gasteiger partial charge in [-0.2, -0.15) is 0 Å². The van der Waals surface area contributed by atoms with Gasteiger partial charge in [0.05, 0.1) is 37.8 Å². The van der Waals surface area contributed by atoms with Gasteiger partial charge in [-0.3, -0.25) is 9.36 Å². The van der Waals surface area contributed by atoms with Gasteiger partial charge < -0.3 is 9.47 Å². The van der Waals surface area contributed by atoms with Gasteiger partial charge >= 0.3 is 0 Å². The van der Waals surface area contributed by atoms with Gasteiger partial charge in [0.2, 0.25) is 0 Å². The highest BCUT2D eigenvalue weighted by molar-refractivity contribution is 7.17. The fraction of sp³-hybridized carbons (Fsp3) is 0.211. The van der Waals surface area contributed by atoms with Crippen molar-refractivity contribution in [3.8, 4) is 22.1 Å². The van der Waals surface area contributed by atoms with Crippen molar-refractivity contribution >= 4 is 32.9 Å². The van der Waals surface area contributed by atoms with Crippen molar-refractivity contribution in [2.75, 3.05) is 13.7 Å². The molecule has 3 aromatic heterocycles. The van der Waals surface area contributed by atoms with Crippen LogP contribution in [0.15, 0.2) is 46.1 Å². The summed E-state index contributed by atoms with van der Waals surface area (Å²) >= 11 is 2.94. The molecule has 0 amide bonds. The topological polar surface area (TPSA) is 66.2 Å². The third-order valence-electron chi connectivity index (χ3n) is 4.03. The zero-order chi connectivity index (χ0) is 18.8. The van der Waals surface area contributed by atoms with Crippen LogP contribution in [-0.4, -0.2) is 28.3 Å². The quantitative estimate of drug-likeness (QED) is 0.490. The van der Waals surface area contributed by atoms with Crippen LogP contribution in [0.4, 0.5) is 0 Å². The normalized spacial score (nSPS) is 11.0. The van der Waals surface area contributed by atoms with Gasteiger partial charge in [0.25, 0.3) is 5.56 Å². The van der Waals surface area contributed by atoms with Gasteiger partial charge in [-0.1, -0.05) is 0 Å². The van der Waals surface area contributed by atoms with Crippen LogP contribution in [0.3, 0.4) is 0 Å². The SMILES string of the molecule is CCOc1ccc(-c2nc(Cn3cnc4ccsc4c3=O)cs2)cc1OC. The summed E-state index contributed by atoms with van der Waals surface area (Å²) in [5.41, 5.74) is 2.47. The molecule has 138 valence electrons. The van der Waals surface area contributed by atoms with E-state index < -0.39 is 0 Å². The number of aromatic nitrogens is 3. The summed E-state index contributed by atoms with van der Waals surface area (Å²) < 4.78 is 13.2. The Bertz CT molecular complexity index is 1150. The van der Waals surface area contributed by atoms with Crippen molar-refractivity contribution < 1.29 is 9.47 Å². The van der Waals surface area contributed by atoms with Gasteiger partial charge in [-0.05, 0) is 36.6 Å². The van der Waals surface area contributed by atoms with Crippen LogP contribution in [0.2, 0.25) is 0 Å². The van der Waals surface area contributed by atoms with E-state index in [9.17, 15) is 4.79 Å². The molecule has 0 aliphatic heterocycles. The Labute approximate surface area is 163 Å². The first-order valence-corrected chi connectivity index (χ1v) is 10.1. The Kier molecular flexibility index (Phi) is 4.91. The number of ether oxygens (including phenoxy) is 2. The maximum Gasteiger partial charge on any atom is 0.271 e. The molecular formula is C19H17N3O3S2. The average molecular weight is 399 g/mol. The minimum atomic E-state index is -0.0349. The monoisotopic (exact) mass is 399 g/mol. The number of fused-ring (bicyclic) bond motifs is 1. The molecule has 0 saturated carbocycles. The number of hydrogen-bond donors (Lipinski definition) is 0. The molecule has 8 heteroatoms. The molecule has 0 spiro atoms. The van der Waals surface area contributed by atoms with Crippen LogP contribution in [0.25, 0.3) is 20.8 Å². The first-order valence-electron chi connectivity index (χ1n) is 8.38. The van der Waals surface area contributed by atoms with Crippen molar-refractivity contribution in [2.45, 2.75) is 13.5 Å². The lowest BCUT2D eigenvalue weighted by atomic mass is 10.2. The fourth-order valence-electron chi connectivity index (χ4n) is 2.75. The van der Waals surface area contributed by atoms with Crippen LogP contribution in [0.1, 0.15) is 12.6 Å². The molecule has 6 nitrogen and oxygen atoms in total. The van der Waals surface area contributed by atoms with Crippen molar-refractivity contribution in [2.24, 2.45) is 0 Å². The van der Waals surface area contributed by atoms with E-state index in [-0.39, 0.29) is 5.56 Å². The van der Waals surface area contributed by atoms with Crippen LogP contribution in [0, 0.1) is 0 Å². The highest BCUT2D eigenvalue weighted by Gasteiger charge is 2.12. The summed E-state index contributed by atoms with van der Waals surface area (Å²) in [6, 6.07) is 7.62. The molecule has 3 heterocycles. The highest BCUT2D eigenvalue weighted by atomic mass is 32.1. The Morgan fingerprint density at radius 1 is 1.19 bits per heavy atom. The van der Waals surface area contributed by atoms with Gasteiger partial charge in [-0.25, -0.2) is 9.97 Å². The number of benzene rings is 1. The number of thiazole rings is 1. The molecule has 0 N–H and O–H groups in total. The van der Waals surface area contributed by atoms with Crippen LogP contribution < -0.4 is 15.0 Å². The predicted octanol–water partition coefficient (Wildman–Crippen LogP) is 4.04. The molecule has 0 bridgehead atoms. The van der Waals surface area contributed by atoms with E-state index in [0.717, 1.165) is 21.8 Å². The molecule has 0 fully saturated rings. The summed E-state index contributed by atoms with van der Waals surface area (Å²) in [6.07, 6.45) is 1.58. The first kappa shape index (κ1) is 17.7. The van der Waals surface area contributed by atoms with E-state index in [1.807, 2.05) is 41.9 Å². The van der Waals surface area contributed by atoms with Crippen molar-refractivity contribution in [3.05, 3.63) is 57.4 Å². The molecule has 1 aromatic carbocycles. The van der Waals surface area contributed by atoms with Gasteiger partial charge in [0, 0.05) is 10.9 Å². The fourth-order valence-corrected chi connectivity index (χ4v) is 4.35. The number of methoxy groups -OCH3 is 1. The summed E-state index contributed by atoms with van der Waals surface area (Å²) in [6.45, 7) is 2.91. The first-order chi connectivity index (χ1) is 13.2. The number of hydrogen-bond acceptors (Lipinski definition) is 7. The lowest BCUT2D eigenvalue weighted by Gasteiger charge is -2.10. The molecule has 0 aliphatic carbocycles. The van der Waals surface area contributed by atoms with Crippen molar-refractivity contribution in [1.29, 1.82) is 0 Å². The maximum atomic E-state index is 12.5. The second-order valence-electron chi connectivity index (χ2n) is 5.76. The molecule has 4 rings (SSSR count). The number of nitrogens with zero attached hydrogens (tertiary/aromatic N) is 3. The molecule has 0 atom stereocenters. The molecule has 0 saturated heterocycles. The van der Waals surface area contributed by atoms with Crippen LogP contribution in [-0.2, 0) is 6.54 Å². The van der Waals surface area contributed by atoms with Gasteiger partial charge in [0.1, 0.15) is 9.71 Å². The molecular weight excluding hydrogens is 382 g/mol. The highest BCUT2D eigenvalue weighted by Crippen LogP contribution is 2.33. The largest absolute Gasteiger partial charge is 0.493 e. The lowest BCUT2D eigenvalue weighted by Crippen LogP contribution is -2.20. The smallest absolute Gasteiger partial charge is 0.271 e. The molecule has 0 radical (unpaired) electrons. The summed E-state index contributed by atoms with van der Waals surface area (Å²) in [5, 5.41) is 4.71. The lowest BCUT2D eigenvalue weighted by molar-refractivity contribution is 0.311. The Hall–Kier alpha value is -2.71. The van der Waals surface area contributed by atoms with Crippen LogP contribution >= 0.6 is 22.7 Å². The van der Waals surface area contributed by atoms with E-state index in [2.05, 4.69) is 9.97 Å². The Balaban J connectivity index is 1.61. The van der Waals surface area contributed by atoms with Crippen molar-refractivity contribution in [3.63, 3.8) is 0 Å². The summed E-state index contributed by atoms with van der Waals surface area (Å²) in [5.74, 6) is 1.39. The average Bonchev–Trinajstić information content (AvgIpc) is 3.34. The zero-order valence-corrected chi connectivity index (χ0v) is 16.5. The van der Waals surface area contributed by atoms with Gasteiger partial charge in [0.15, 0.2) is 11.5 Å². The van der Waals surface area contributed by atoms with E-state index in [0.29, 0.717) is 29.4 Å². The minimum Gasteiger partial charge on any atom is -0.493 e. The molecule has 0 unspecified atom stereocenters. The van der Waals surface area contributed by atoms with E-state index in [4.69, 9.17) is 9.47 Å². The predicted molar refractivity (Wildman–Crippen MR) is 108 cm³/mol. The van der Waals surface area contributed by atoms with E-state index in [1.165, 1.54) is 22.7 Å². The molecule has 4 aromatic rings. The number of thiophene rings is 1. The summed E-state index contributed by atoms with van der Waals surface area (Å²) in [4.78, 5) is 21.5. The number of rotatable bonds is 6. The molecule has 27 heavy (non-hydrogen) atoms. The van der Waals surface area contributed by atoms with Gasteiger partial charge in [-0.15, -0.1) is 22.7 Å². The Morgan fingerprint density at radius 3 is 2.89 bits per heavy atom. The standard InChI is InChI=1S/C19H17N3O3S2/c1-3-25-15-5-4-12(8-16(15)24-2)18-21-13(10-27-18)9-22-11-20-14-6-7-26-17(14)19(22)23/h4-8,10-11H,3,9H2,1-2H3. The van der Waals surface area contributed by atoms with Crippen molar-refractivity contribution in [1.82, 2.24) is 14.5 Å². The van der Waals surface area contributed by atoms with E-state index in [1.54, 1.807) is 18.0 Å². The second-order valence-corrected chi connectivity index (χ2v) is 7.53. The third-order valence-corrected chi connectivity index (χ3v) is 5.86. The summed E-state index contributed by atoms with van der Waals surface area (Å²) in [7, 11) is 1.62. The second kappa shape index (κ2) is 7.50. The Morgan fingerprint density at radius 2 is 2.07 bits per heavy atom. The maximum absolute atomic E-state index is 12.5. The zero-order valence-electron chi connectivity index (χ0n) is 14.8. The van der Waals surface area contributed by atoms with E-state index >= 15 is 0 Å². The minimum absolute atomic E-state index is 0.0349. The molecule has 0 aliphatic rings.